The number of halogens is 1. The molecule has 1 aliphatic heterocycles. The lowest BCUT2D eigenvalue weighted by molar-refractivity contribution is -0.131. The minimum Gasteiger partial charge on any atom is -0.494 e. The molecule has 0 aliphatic carbocycles. The number of ether oxygens (including phenoxy) is 1. The quantitative estimate of drug-likeness (QED) is 0.340. The fourth-order valence-corrected chi connectivity index (χ4v) is 5.80. The van der Waals surface area contributed by atoms with Gasteiger partial charge in [0.05, 0.1) is 16.8 Å². The molecule has 1 aromatic heterocycles. The first-order valence-corrected chi connectivity index (χ1v) is 12.6. The van der Waals surface area contributed by atoms with Crippen LogP contribution in [-0.2, 0) is 4.79 Å². The molecule has 1 aliphatic rings. The Bertz CT molecular complexity index is 1230. The van der Waals surface area contributed by atoms with Crippen molar-refractivity contribution < 1.29 is 9.53 Å². The second-order valence-corrected chi connectivity index (χ2v) is 9.75. The van der Waals surface area contributed by atoms with E-state index >= 15 is 0 Å². The first kappa shape index (κ1) is 22.7. The Labute approximate surface area is 208 Å². The lowest BCUT2D eigenvalue weighted by Crippen LogP contribution is -2.49. The third-order valence-electron chi connectivity index (χ3n) is 6.35. The van der Waals surface area contributed by atoms with Crippen molar-refractivity contribution in [1.29, 1.82) is 0 Å². The first-order valence-electron chi connectivity index (χ1n) is 11.4. The van der Waals surface area contributed by atoms with E-state index in [1.165, 1.54) is 11.1 Å². The number of amides is 1. The average molecular weight is 492 g/mol. The standard InChI is InChI=1S/C27H26ClN3O2S/c1-33-23-13-12-22(28)26-25(23)29-27(34-26)31-16-14-30(15-17-31)24(32)18-21(19-8-4-2-5-9-19)20-10-6-3-7-11-20/h2-13,21H,14-18H2,1H3. The van der Waals surface area contributed by atoms with E-state index in [0.29, 0.717) is 24.5 Å². The van der Waals surface area contributed by atoms with Gasteiger partial charge in [0.2, 0.25) is 5.91 Å². The molecule has 0 spiro atoms. The summed E-state index contributed by atoms with van der Waals surface area (Å²) in [4.78, 5) is 22.3. The van der Waals surface area contributed by atoms with E-state index in [1.807, 2.05) is 53.4 Å². The van der Waals surface area contributed by atoms with Crippen LogP contribution in [0.25, 0.3) is 10.2 Å². The summed E-state index contributed by atoms with van der Waals surface area (Å²) in [6, 6.07) is 24.3. The summed E-state index contributed by atoms with van der Waals surface area (Å²) in [5.74, 6) is 0.960. The molecular weight excluding hydrogens is 466 g/mol. The maximum Gasteiger partial charge on any atom is 0.223 e. The van der Waals surface area contributed by atoms with E-state index in [0.717, 1.165) is 34.2 Å². The average Bonchev–Trinajstić information content (AvgIpc) is 3.35. The second kappa shape index (κ2) is 10.0. The van der Waals surface area contributed by atoms with Crippen LogP contribution in [0.3, 0.4) is 0 Å². The molecule has 2 heterocycles. The van der Waals surface area contributed by atoms with Crippen LogP contribution in [0.1, 0.15) is 23.5 Å². The fraction of sp³-hybridized carbons (Fsp3) is 0.259. The summed E-state index contributed by atoms with van der Waals surface area (Å²) in [6.07, 6.45) is 0.460. The van der Waals surface area contributed by atoms with Gasteiger partial charge in [-0.2, -0.15) is 0 Å². The van der Waals surface area contributed by atoms with Crippen LogP contribution in [0.15, 0.2) is 72.8 Å². The Kier molecular flexibility index (Phi) is 6.70. The van der Waals surface area contributed by atoms with Crippen molar-refractivity contribution in [2.45, 2.75) is 12.3 Å². The number of piperazine rings is 1. The Morgan fingerprint density at radius 3 is 2.18 bits per heavy atom. The van der Waals surface area contributed by atoms with E-state index in [1.54, 1.807) is 18.4 Å². The maximum atomic E-state index is 13.3. The Morgan fingerprint density at radius 1 is 0.971 bits per heavy atom. The molecular formula is C27H26ClN3O2S. The highest BCUT2D eigenvalue weighted by Gasteiger charge is 2.27. The Hall–Kier alpha value is -3.09. The van der Waals surface area contributed by atoms with Crippen molar-refractivity contribution in [3.05, 3.63) is 88.9 Å². The Morgan fingerprint density at radius 2 is 1.59 bits per heavy atom. The molecule has 4 aromatic rings. The van der Waals surface area contributed by atoms with Gasteiger partial charge in [0, 0.05) is 38.5 Å². The molecule has 1 fully saturated rings. The summed E-state index contributed by atoms with van der Waals surface area (Å²) in [6.45, 7) is 2.84. The number of carbonyl (C=O) groups excluding carboxylic acids is 1. The first-order chi connectivity index (χ1) is 16.6. The van der Waals surface area contributed by atoms with Crippen LogP contribution in [0.4, 0.5) is 5.13 Å². The number of carbonyl (C=O) groups is 1. The molecule has 34 heavy (non-hydrogen) atoms. The van der Waals surface area contributed by atoms with Gasteiger partial charge in [-0.15, -0.1) is 0 Å². The summed E-state index contributed by atoms with van der Waals surface area (Å²) in [5, 5.41) is 1.60. The summed E-state index contributed by atoms with van der Waals surface area (Å²) in [5.41, 5.74) is 3.13. The second-order valence-electron chi connectivity index (χ2n) is 8.37. The number of fused-ring (bicyclic) bond motifs is 1. The number of nitrogens with zero attached hydrogens (tertiary/aromatic N) is 3. The van der Waals surface area contributed by atoms with Crippen molar-refractivity contribution in [2.24, 2.45) is 0 Å². The van der Waals surface area contributed by atoms with Crippen LogP contribution in [-0.4, -0.2) is 49.1 Å². The highest BCUT2D eigenvalue weighted by molar-refractivity contribution is 7.22. The van der Waals surface area contributed by atoms with E-state index < -0.39 is 0 Å². The van der Waals surface area contributed by atoms with Crippen molar-refractivity contribution in [1.82, 2.24) is 9.88 Å². The minimum absolute atomic E-state index is 0.0480. The number of anilines is 1. The van der Waals surface area contributed by atoms with Gasteiger partial charge in [0.15, 0.2) is 5.13 Å². The molecule has 1 saturated heterocycles. The molecule has 7 heteroatoms. The lowest BCUT2D eigenvalue weighted by Gasteiger charge is -2.35. The van der Waals surface area contributed by atoms with Gasteiger partial charge >= 0.3 is 0 Å². The normalized spacial score (nSPS) is 14.1. The van der Waals surface area contributed by atoms with E-state index in [9.17, 15) is 4.79 Å². The fourth-order valence-electron chi connectivity index (χ4n) is 4.49. The predicted molar refractivity (Wildman–Crippen MR) is 139 cm³/mol. The molecule has 174 valence electrons. The van der Waals surface area contributed by atoms with Gasteiger partial charge < -0.3 is 14.5 Å². The molecule has 0 N–H and O–H groups in total. The van der Waals surface area contributed by atoms with Crippen LogP contribution in [0.2, 0.25) is 5.02 Å². The number of aromatic nitrogens is 1. The summed E-state index contributed by atoms with van der Waals surface area (Å²) in [7, 11) is 1.64. The molecule has 5 rings (SSSR count). The van der Waals surface area contributed by atoms with Gasteiger partial charge in [-0.1, -0.05) is 83.6 Å². The molecule has 3 aromatic carbocycles. The van der Waals surface area contributed by atoms with Gasteiger partial charge in [-0.05, 0) is 23.3 Å². The largest absolute Gasteiger partial charge is 0.494 e. The number of rotatable bonds is 6. The number of methoxy groups -OCH3 is 1. The predicted octanol–water partition coefficient (Wildman–Crippen LogP) is 5.83. The molecule has 0 saturated carbocycles. The number of thiazole rings is 1. The van der Waals surface area contributed by atoms with Crippen molar-refractivity contribution in [2.75, 3.05) is 38.2 Å². The summed E-state index contributed by atoms with van der Waals surface area (Å²) < 4.78 is 6.39. The van der Waals surface area contributed by atoms with Crippen molar-refractivity contribution >= 4 is 44.2 Å². The van der Waals surface area contributed by atoms with Crippen molar-refractivity contribution in [3.63, 3.8) is 0 Å². The minimum atomic E-state index is 0.0480. The van der Waals surface area contributed by atoms with Gasteiger partial charge in [-0.3, -0.25) is 4.79 Å². The third kappa shape index (κ3) is 4.61. The monoisotopic (exact) mass is 491 g/mol. The zero-order chi connectivity index (χ0) is 23.5. The molecule has 0 atom stereocenters. The number of hydrogen-bond donors (Lipinski definition) is 0. The SMILES string of the molecule is COc1ccc(Cl)c2sc(N3CCN(C(=O)CC(c4ccccc4)c4ccccc4)CC3)nc12. The molecule has 0 bridgehead atoms. The maximum absolute atomic E-state index is 13.3. The van der Waals surface area contributed by atoms with Gasteiger partial charge in [0.25, 0.3) is 0 Å². The van der Waals surface area contributed by atoms with Gasteiger partial charge in [0.1, 0.15) is 11.3 Å². The van der Waals surface area contributed by atoms with Crippen LogP contribution < -0.4 is 9.64 Å². The van der Waals surface area contributed by atoms with Gasteiger partial charge in [-0.25, -0.2) is 4.98 Å². The molecule has 0 unspecified atom stereocenters. The number of hydrogen-bond acceptors (Lipinski definition) is 5. The van der Waals surface area contributed by atoms with E-state index in [4.69, 9.17) is 21.3 Å². The molecule has 1 amide bonds. The lowest BCUT2D eigenvalue weighted by atomic mass is 9.88. The van der Waals surface area contributed by atoms with E-state index in [2.05, 4.69) is 29.2 Å². The molecule has 0 radical (unpaired) electrons. The number of benzene rings is 3. The molecule has 5 nitrogen and oxygen atoms in total. The smallest absolute Gasteiger partial charge is 0.223 e. The topological polar surface area (TPSA) is 45.7 Å². The van der Waals surface area contributed by atoms with Crippen LogP contribution in [0.5, 0.6) is 5.75 Å². The van der Waals surface area contributed by atoms with E-state index in [-0.39, 0.29) is 11.8 Å². The summed E-state index contributed by atoms with van der Waals surface area (Å²) >= 11 is 7.97. The highest BCUT2D eigenvalue weighted by atomic mass is 35.5. The van der Waals surface area contributed by atoms with Crippen LogP contribution >= 0.6 is 22.9 Å². The zero-order valence-electron chi connectivity index (χ0n) is 19.0. The third-order valence-corrected chi connectivity index (χ3v) is 7.93. The Balaban J connectivity index is 1.28. The van der Waals surface area contributed by atoms with Crippen molar-refractivity contribution in [3.8, 4) is 5.75 Å². The highest BCUT2D eigenvalue weighted by Crippen LogP contribution is 2.39. The van der Waals surface area contributed by atoms with Crippen LogP contribution in [0, 0.1) is 0 Å². The zero-order valence-corrected chi connectivity index (χ0v) is 20.6.